The van der Waals surface area contributed by atoms with Gasteiger partial charge in [0.2, 0.25) is 5.95 Å². The minimum Gasteiger partial charge on any atom is -0.368 e. The van der Waals surface area contributed by atoms with Crippen molar-refractivity contribution >= 4 is 23.5 Å². The topological polar surface area (TPSA) is 92.2 Å². The number of hydrogen-bond acceptors (Lipinski definition) is 8. The number of nitrogens with zero attached hydrogens (tertiary/aromatic N) is 8. The molecule has 0 aliphatic carbocycles. The highest BCUT2D eigenvalue weighted by Gasteiger charge is 2.16. The molecular formula is C22H29N9. The first-order valence-corrected chi connectivity index (χ1v) is 10.4. The molecule has 4 heterocycles. The summed E-state index contributed by atoms with van der Waals surface area (Å²) in [4.78, 5) is 19.6. The Bertz CT molecular complexity index is 1030. The van der Waals surface area contributed by atoms with Gasteiger partial charge in [-0.25, -0.2) is 4.68 Å². The van der Waals surface area contributed by atoms with Crippen molar-refractivity contribution in [1.82, 2.24) is 29.6 Å². The molecule has 2 N–H and O–H groups in total. The van der Waals surface area contributed by atoms with Crippen molar-refractivity contribution in [3.05, 3.63) is 54.1 Å². The molecule has 0 saturated carbocycles. The molecule has 0 bridgehead atoms. The minimum absolute atomic E-state index is 0.235. The Kier molecular flexibility index (Phi) is 6.13. The average molecular weight is 420 g/mol. The number of nitrogens with two attached hydrogens (primary N) is 1. The van der Waals surface area contributed by atoms with Gasteiger partial charge < -0.3 is 15.5 Å². The molecule has 0 atom stereocenters. The van der Waals surface area contributed by atoms with Gasteiger partial charge in [0.1, 0.15) is 5.82 Å². The molecule has 31 heavy (non-hydrogen) atoms. The molecule has 1 saturated heterocycles. The van der Waals surface area contributed by atoms with Gasteiger partial charge in [-0.3, -0.25) is 9.88 Å². The van der Waals surface area contributed by atoms with E-state index >= 15 is 0 Å². The van der Waals surface area contributed by atoms with Gasteiger partial charge in [0.05, 0.1) is 23.8 Å². The van der Waals surface area contributed by atoms with E-state index in [1.54, 1.807) is 4.68 Å². The van der Waals surface area contributed by atoms with Crippen LogP contribution in [0.15, 0.2) is 42.9 Å². The molecule has 4 rings (SSSR count). The standard InChI is InChI=1S/C22H29N9/c1-17-18(15-25-31(17)21-14-20(28(2)3)26-22(23)27-21)6-5-9-29-10-12-30(13-11-29)19-7-4-8-24-16-19/h4-8,14-16H,9-13H2,1-3H3,(H2,23,26,27)/b6-5+. The minimum atomic E-state index is 0.235. The summed E-state index contributed by atoms with van der Waals surface area (Å²) in [5.74, 6) is 1.65. The molecule has 1 aliphatic heterocycles. The molecule has 0 spiro atoms. The van der Waals surface area contributed by atoms with Gasteiger partial charge in [-0.05, 0) is 19.1 Å². The van der Waals surface area contributed by atoms with Crippen molar-refractivity contribution in [2.24, 2.45) is 0 Å². The van der Waals surface area contributed by atoms with Gasteiger partial charge in [0.25, 0.3) is 0 Å². The third-order valence-electron chi connectivity index (χ3n) is 5.48. The Hall–Kier alpha value is -3.46. The van der Waals surface area contributed by atoms with Gasteiger partial charge in [0, 0.05) is 64.6 Å². The number of anilines is 3. The van der Waals surface area contributed by atoms with Crippen LogP contribution in [-0.4, -0.2) is 76.5 Å². The number of aromatic nitrogens is 5. The zero-order valence-corrected chi connectivity index (χ0v) is 18.3. The van der Waals surface area contributed by atoms with Crippen LogP contribution in [0.4, 0.5) is 17.5 Å². The predicted molar refractivity (Wildman–Crippen MR) is 125 cm³/mol. The van der Waals surface area contributed by atoms with Crippen molar-refractivity contribution in [3.63, 3.8) is 0 Å². The lowest BCUT2D eigenvalue weighted by atomic mass is 10.2. The van der Waals surface area contributed by atoms with Gasteiger partial charge in [-0.15, -0.1) is 0 Å². The largest absolute Gasteiger partial charge is 0.368 e. The summed E-state index contributed by atoms with van der Waals surface area (Å²) in [6, 6.07) is 5.99. The van der Waals surface area contributed by atoms with Gasteiger partial charge in [-0.2, -0.15) is 15.1 Å². The maximum absolute atomic E-state index is 5.88. The second kappa shape index (κ2) is 9.13. The summed E-state index contributed by atoms with van der Waals surface area (Å²) in [6.45, 7) is 7.04. The van der Waals surface area contributed by atoms with E-state index in [1.807, 2.05) is 56.6 Å². The highest BCUT2D eigenvalue weighted by molar-refractivity contribution is 5.54. The summed E-state index contributed by atoms with van der Waals surface area (Å²) in [7, 11) is 3.85. The van der Waals surface area contributed by atoms with Crippen molar-refractivity contribution < 1.29 is 0 Å². The maximum atomic E-state index is 5.88. The first-order valence-electron chi connectivity index (χ1n) is 10.4. The van der Waals surface area contributed by atoms with E-state index in [0.717, 1.165) is 49.8 Å². The van der Waals surface area contributed by atoms with Crippen LogP contribution >= 0.6 is 0 Å². The number of piperazine rings is 1. The van der Waals surface area contributed by atoms with Crippen LogP contribution in [-0.2, 0) is 0 Å². The zero-order chi connectivity index (χ0) is 21.8. The molecule has 162 valence electrons. The second-order valence-electron chi connectivity index (χ2n) is 7.84. The Morgan fingerprint density at radius 2 is 1.94 bits per heavy atom. The lowest BCUT2D eigenvalue weighted by Crippen LogP contribution is -2.46. The molecule has 0 aromatic carbocycles. The smallest absolute Gasteiger partial charge is 0.224 e. The van der Waals surface area contributed by atoms with E-state index in [9.17, 15) is 0 Å². The number of rotatable bonds is 6. The Morgan fingerprint density at radius 3 is 2.65 bits per heavy atom. The van der Waals surface area contributed by atoms with Crippen LogP contribution < -0.4 is 15.5 Å². The summed E-state index contributed by atoms with van der Waals surface area (Å²) >= 11 is 0. The number of hydrogen-bond donors (Lipinski definition) is 1. The quantitative estimate of drug-likeness (QED) is 0.647. The molecule has 3 aromatic rings. The van der Waals surface area contributed by atoms with E-state index in [1.165, 1.54) is 5.69 Å². The van der Waals surface area contributed by atoms with E-state index in [2.05, 4.69) is 48.1 Å². The van der Waals surface area contributed by atoms with Crippen LogP contribution in [0.25, 0.3) is 11.9 Å². The maximum Gasteiger partial charge on any atom is 0.224 e. The van der Waals surface area contributed by atoms with Crippen molar-refractivity contribution in [3.8, 4) is 5.82 Å². The fourth-order valence-corrected chi connectivity index (χ4v) is 3.65. The van der Waals surface area contributed by atoms with Crippen LogP contribution in [0.1, 0.15) is 11.3 Å². The van der Waals surface area contributed by atoms with E-state index in [0.29, 0.717) is 5.82 Å². The zero-order valence-electron chi connectivity index (χ0n) is 18.3. The van der Waals surface area contributed by atoms with Gasteiger partial charge >= 0.3 is 0 Å². The summed E-state index contributed by atoms with van der Waals surface area (Å²) in [5, 5.41) is 4.51. The highest BCUT2D eigenvalue weighted by Crippen LogP contribution is 2.19. The third-order valence-corrected chi connectivity index (χ3v) is 5.48. The van der Waals surface area contributed by atoms with Crippen LogP contribution in [0.5, 0.6) is 0 Å². The SMILES string of the molecule is Cc1c(/C=C/CN2CCN(c3cccnc3)CC2)cnn1-c1cc(N(C)C)nc(N)n1. The Labute approximate surface area is 182 Å². The highest BCUT2D eigenvalue weighted by atomic mass is 15.3. The van der Waals surface area contributed by atoms with Crippen molar-refractivity contribution in [1.29, 1.82) is 0 Å². The molecular weight excluding hydrogens is 390 g/mol. The van der Waals surface area contributed by atoms with Crippen LogP contribution in [0, 0.1) is 6.92 Å². The van der Waals surface area contributed by atoms with Crippen LogP contribution in [0.3, 0.4) is 0 Å². The van der Waals surface area contributed by atoms with Gasteiger partial charge in [0.15, 0.2) is 5.82 Å². The molecule has 0 radical (unpaired) electrons. The van der Waals surface area contributed by atoms with Gasteiger partial charge in [-0.1, -0.05) is 12.2 Å². The lowest BCUT2D eigenvalue weighted by molar-refractivity contribution is 0.284. The second-order valence-corrected chi connectivity index (χ2v) is 7.84. The normalized spacial score (nSPS) is 15.0. The molecule has 9 heteroatoms. The van der Waals surface area contributed by atoms with E-state index < -0.39 is 0 Å². The summed E-state index contributed by atoms with van der Waals surface area (Å²) < 4.78 is 1.80. The fraction of sp³-hybridized carbons (Fsp3) is 0.364. The fourth-order valence-electron chi connectivity index (χ4n) is 3.65. The molecule has 1 fully saturated rings. The molecule has 0 amide bonds. The number of pyridine rings is 1. The summed E-state index contributed by atoms with van der Waals surface area (Å²) in [5.41, 5.74) is 9.16. The first-order chi connectivity index (χ1) is 15.0. The Morgan fingerprint density at radius 1 is 1.13 bits per heavy atom. The van der Waals surface area contributed by atoms with Crippen LogP contribution in [0.2, 0.25) is 0 Å². The van der Waals surface area contributed by atoms with E-state index in [4.69, 9.17) is 5.73 Å². The molecule has 3 aromatic heterocycles. The van der Waals surface area contributed by atoms with E-state index in [-0.39, 0.29) is 5.95 Å². The first kappa shape index (κ1) is 20.8. The summed E-state index contributed by atoms with van der Waals surface area (Å²) in [6.07, 6.45) is 9.94. The predicted octanol–water partition coefficient (Wildman–Crippen LogP) is 1.85. The average Bonchev–Trinajstić information content (AvgIpc) is 3.15. The lowest BCUT2D eigenvalue weighted by Gasteiger charge is -2.35. The molecule has 9 nitrogen and oxygen atoms in total. The molecule has 0 unspecified atom stereocenters. The third kappa shape index (κ3) is 4.83. The van der Waals surface area contributed by atoms with Crippen molar-refractivity contribution in [2.75, 3.05) is 62.4 Å². The van der Waals surface area contributed by atoms with Crippen molar-refractivity contribution in [2.45, 2.75) is 6.92 Å². The number of nitrogen functional groups attached to an aromatic ring is 1. The Balaban J connectivity index is 1.37. The molecule has 1 aliphatic rings. The monoisotopic (exact) mass is 419 g/mol.